The van der Waals surface area contributed by atoms with Gasteiger partial charge in [0, 0.05) is 19.8 Å². The average molecular weight is 338 g/mol. The molecular formula is C13H16ClN7O2. The van der Waals surface area contributed by atoms with Gasteiger partial charge in [-0.3, -0.25) is 15.5 Å². The van der Waals surface area contributed by atoms with Crippen LogP contribution in [0.2, 0.25) is 0 Å². The van der Waals surface area contributed by atoms with Gasteiger partial charge in [0.1, 0.15) is 6.33 Å². The molecule has 0 bridgehead atoms. The molecule has 0 spiro atoms. The minimum Gasteiger partial charge on any atom is -0.378 e. The molecule has 0 radical (unpaired) electrons. The van der Waals surface area contributed by atoms with Crippen LogP contribution in [0.25, 0.3) is 0 Å². The highest BCUT2D eigenvalue weighted by atomic mass is 35.5. The number of nitrogens with zero attached hydrogens (tertiary/aromatic N) is 5. The van der Waals surface area contributed by atoms with Gasteiger partial charge in [0.2, 0.25) is 11.6 Å². The smallest absolute Gasteiger partial charge is 0.354 e. The molecule has 0 aliphatic heterocycles. The van der Waals surface area contributed by atoms with Crippen molar-refractivity contribution in [3.63, 3.8) is 0 Å². The molecule has 0 aliphatic carbocycles. The summed E-state index contributed by atoms with van der Waals surface area (Å²) in [7, 11) is 3.90. The fraction of sp³-hybridized carbons (Fsp3) is 0.154. The Morgan fingerprint density at radius 1 is 1.30 bits per heavy atom. The number of hydrazone groups is 1. The van der Waals surface area contributed by atoms with Crippen LogP contribution in [-0.2, 0) is 0 Å². The Kier molecular flexibility index (Phi) is 6.22. The highest BCUT2D eigenvalue weighted by Crippen LogP contribution is 2.26. The first-order valence-corrected chi connectivity index (χ1v) is 6.30. The summed E-state index contributed by atoms with van der Waals surface area (Å²) >= 11 is 0. The van der Waals surface area contributed by atoms with Gasteiger partial charge in [-0.05, 0) is 17.7 Å². The van der Waals surface area contributed by atoms with Crippen molar-refractivity contribution >= 4 is 41.6 Å². The molecule has 1 aromatic heterocycles. The van der Waals surface area contributed by atoms with Crippen molar-refractivity contribution in [3.8, 4) is 0 Å². The third kappa shape index (κ3) is 4.51. The van der Waals surface area contributed by atoms with E-state index in [-0.39, 0.29) is 24.0 Å². The third-order valence-corrected chi connectivity index (χ3v) is 2.83. The Hall–Kier alpha value is -2.94. The molecule has 2 rings (SSSR count). The highest BCUT2D eigenvalue weighted by molar-refractivity contribution is 5.85. The van der Waals surface area contributed by atoms with E-state index in [1.54, 1.807) is 0 Å². The molecule has 0 saturated heterocycles. The summed E-state index contributed by atoms with van der Waals surface area (Å²) in [6.07, 6.45) is 2.66. The van der Waals surface area contributed by atoms with Crippen LogP contribution >= 0.6 is 12.4 Å². The summed E-state index contributed by atoms with van der Waals surface area (Å²) in [5.74, 6) is -0.272. The first-order chi connectivity index (χ1) is 10.5. The Labute approximate surface area is 138 Å². The van der Waals surface area contributed by atoms with Crippen LogP contribution in [0, 0.1) is 10.1 Å². The van der Waals surface area contributed by atoms with Gasteiger partial charge >= 0.3 is 5.69 Å². The molecule has 23 heavy (non-hydrogen) atoms. The molecule has 0 fully saturated rings. The van der Waals surface area contributed by atoms with Crippen molar-refractivity contribution in [1.82, 2.24) is 9.97 Å². The van der Waals surface area contributed by atoms with Gasteiger partial charge in [-0.1, -0.05) is 12.1 Å². The van der Waals surface area contributed by atoms with Crippen molar-refractivity contribution in [2.45, 2.75) is 0 Å². The Balaban J connectivity index is 0.00000264. The normalized spacial score (nSPS) is 10.2. The summed E-state index contributed by atoms with van der Waals surface area (Å²) in [6.45, 7) is 0. The van der Waals surface area contributed by atoms with Gasteiger partial charge in [-0.2, -0.15) is 5.10 Å². The first-order valence-electron chi connectivity index (χ1n) is 6.30. The van der Waals surface area contributed by atoms with Crippen molar-refractivity contribution in [2.75, 3.05) is 30.2 Å². The van der Waals surface area contributed by atoms with Crippen LogP contribution in [0.4, 0.5) is 23.0 Å². The fourth-order valence-electron chi connectivity index (χ4n) is 1.68. The van der Waals surface area contributed by atoms with E-state index in [4.69, 9.17) is 5.73 Å². The zero-order chi connectivity index (χ0) is 16.1. The van der Waals surface area contributed by atoms with Gasteiger partial charge in [-0.15, -0.1) is 12.4 Å². The second-order valence-electron chi connectivity index (χ2n) is 4.57. The maximum absolute atomic E-state index is 10.9. The van der Waals surface area contributed by atoms with Crippen LogP contribution in [0.15, 0.2) is 35.7 Å². The van der Waals surface area contributed by atoms with Crippen molar-refractivity contribution in [2.24, 2.45) is 5.10 Å². The van der Waals surface area contributed by atoms with Gasteiger partial charge in [-0.25, -0.2) is 9.97 Å². The van der Waals surface area contributed by atoms with Gasteiger partial charge < -0.3 is 10.6 Å². The molecule has 0 saturated carbocycles. The van der Waals surface area contributed by atoms with Gasteiger partial charge in [0.15, 0.2) is 0 Å². The largest absolute Gasteiger partial charge is 0.378 e. The summed E-state index contributed by atoms with van der Waals surface area (Å²) in [6, 6.07) is 7.63. The van der Waals surface area contributed by atoms with E-state index < -0.39 is 10.6 Å². The maximum atomic E-state index is 10.9. The number of nitrogen functional groups attached to an aromatic ring is 1. The predicted molar refractivity (Wildman–Crippen MR) is 92.3 cm³/mol. The molecule has 0 unspecified atom stereocenters. The third-order valence-electron chi connectivity index (χ3n) is 2.83. The van der Waals surface area contributed by atoms with Crippen LogP contribution in [0.3, 0.4) is 0 Å². The molecule has 1 aromatic carbocycles. The minimum atomic E-state index is -0.654. The lowest BCUT2D eigenvalue weighted by Gasteiger charge is -2.11. The van der Waals surface area contributed by atoms with Gasteiger partial charge in [0.25, 0.3) is 0 Å². The number of nitrogens with two attached hydrogens (primary N) is 1. The minimum absolute atomic E-state index is 0. The number of nitrogens with one attached hydrogen (secondary N) is 1. The van der Waals surface area contributed by atoms with E-state index in [1.165, 1.54) is 6.21 Å². The Morgan fingerprint density at radius 3 is 2.52 bits per heavy atom. The van der Waals surface area contributed by atoms with E-state index in [0.717, 1.165) is 17.6 Å². The van der Waals surface area contributed by atoms with E-state index >= 15 is 0 Å². The molecule has 0 atom stereocenters. The summed E-state index contributed by atoms with van der Waals surface area (Å²) in [5.41, 5.74) is 9.46. The highest BCUT2D eigenvalue weighted by Gasteiger charge is 2.20. The molecule has 2 aromatic rings. The SMILES string of the molecule is CN(C)c1ccc(C=NNc2ncnc(N)c2[N+](=O)[O-])cc1.Cl. The molecule has 1 heterocycles. The zero-order valence-electron chi connectivity index (χ0n) is 12.5. The lowest BCUT2D eigenvalue weighted by Crippen LogP contribution is -2.08. The number of benzene rings is 1. The molecule has 10 heteroatoms. The zero-order valence-corrected chi connectivity index (χ0v) is 13.3. The number of anilines is 3. The van der Waals surface area contributed by atoms with Crippen LogP contribution in [0.1, 0.15) is 5.56 Å². The number of nitro groups is 1. The van der Waals surface area contributed by atoms with Crippen molar-refractivity contribution < 1.29 is 4.92 Å². The molecule has 9 nitrogen and oxygen atoms in total. The number of hydrogen-bond acceptors (Lipinski definition) is 8. The quantitative estimate of drug-likeness (QED) is 0.485. The number of hydrogen-bond donors (Lipinski definition) is 2. The molecule has 122 valence electrons. The second kappa shape index (κ2) is 7.90. The Bertz CT molecular complexity index is 704. The van der Waals surface area contributed by atoms with Crippen LogP contribution < -0.4 is 16.1 Å². The van der Waals surface area contributed by atoms with E-state index in [9.17, 15) is 10.1 Å². The second-order valence-corrected chi connectivity index (χ2v) is 4.57. The fourth-order valence-corrected chi connectivity index (χ4v) is 1.68. The molecular weight excluding hydrogens is 322 g/mol. The lowest BCUT2D eigenvalue weighted by atomic mass is 10.2. The van der Waals surface area contributed by atoms with E-state index in [2.05, 4.69) is 20.5 Å². The monoisotopic (exact) mass is 337 g/mol. The van der Waals surface area contributed by atoms with Gasteiger partial charge in [0.05, 0.1) is 11.1 Å². The number of aromatic nitrogens is 2. The number of halogens is 1. The van der Waals surface area contributed by atoms with Crippen LogP contribution in [0.5, 0.6) is 0 Å². The first kappa shape index (κ1) is 18.1. The molecule has 0 aliphatic rings. The van der Waals surface area contributed by atoms with Crippen molar-refractivity contribution in [1.29, 1.82) is 0 Å². The summed E-state index contributed by atoms with van der Waals surface area (Å²) in [5, 5.41) is 14.9. The summed E-state index contributed by atoms with van der Waals surface area (Å²) in [4.78, 5) is 19.6. The topological polar surface area (TPSA) is 123 Å². The van der Waals surface area contributed by atoms with E-state index in [1.807, 2.05) is 43.3 Å². The Morgan fingerprint density at radius 2 is 1.96 bits per heavy atom. The lowest BCUT2D eigenvalue weighted by molar-refractivity contribution is -0.383. The van der Waals surface area contributed by atoms with Crippen LogP contribution in [-0.4, -0.2) is 35.2 Å². The van der Waals surface area contributed by atoms with E-state index in [0.29, 0.717) is 0 Å². The van der Waals surface area contributed by atoms with Crippen molar-refractivity contribution in [3.05, 3.63) is 46.3 Å². The maximum Gasteiger partial charge on any atom is 0.354 e. The number of rotatable bonds is 5. The predicted octanol–water partition coefficient (Wildman–Crippen LogP) is 1.90. The molecule has 0 amide bonds. The standard InChI is InChI=1S/C13H15N7O2.ClH/c1-19(2)10-5-3-9(4-6-10)7-17-18-13-11(20(21)22)12(14)15-8-16-13;/h3-8H,1-2H3,(H3,14,15,16,18);1H. The molecule has 3 N–H and O–H groups in total. The summed E-state index contributed by atoms with van der Waals surface area (Å²) < 4.78 is 0. The average Bonchev–Trinajstić information content (AvgIpc) is 2.47.